The lowest BCUT2D eigenvalue weighted by atomic mass is 9.71. The lowest BCUT2D eigenvalue weighted by Crippen LogP contribution is -2.58. The van der Waals surface area contributed by atoms with Crippen molar-refractivity contribution in [2.24, 2.45) is 59.2 Å². The summed E-state index contributed by atoms with van der Waals surface area (Å²) < 4.78 is 189. The fraction of sp³-hybridized carbons (Fsp3) is 0.778. The maximum Gasteiger partial charge on any atom is 0.316 e. The van der Waals surface area contributed by atoms with E-state index in [1.54, 1.807) is 66.2 Å². The number of fused-ring (bicyclic) bond motifs is 4. The summed E-state index contributed by atoms with van der Waals surface area (Å²) in [5, 5.41) is 47.2. The molecule has 14 aliphatic rings. The topological polar surface area (TPSA) is 368 Å². The second kappa shape index (κ2) is 42.2. The van der Waals surface area contributed by atoms with Crippen LogP contribution in [0.3, 0.4) is 0 Å². The van der Waals surface area contributed by atoms with E-state index in [0.29, 0.717) is 48.0 Å². The summed E-state index contributed by atoms with van der Waals surface area (Å²) in [4.78, 5) is 29.2. The average Bonchev–Trinajstić information content (AvgIpc) is 1.60. The van der Waals surface area contributed by atoms with Crippen LogP contribution in [0.1, 0.15) is 188 Å². The Morgan fingerprint density at radius 2 is 0.817 bits per heavy atom. The molecule has 0 amide bonds. The monoisotopic (exact) mass is 1880 g/mol. The molecular formula is C99H148O30S2. The molecule has 0 aromatic carbocycles. The van der Waals surface area contributed by atoms with E-state index in [-0.39, 0.29) is 99.5 Å². The van der Waals surface area contributed by atoms with E-state index < -0.39 is 242 Å². The van der Waals surface area contributed by atoms with Gasteiger partial charge in [-0.15, -0.1) is 0 Å². The highest BCUT2D eigenvalue weighted by molar-refractivity contribution is 8.08. The fourth-order valence-electron chi connectivity index (χ4n) is 22.7. The summed E-state index contributed by atoms with van der Waals surface area (Å²) in [6.07, 6.45) is 12.2. The van der Waals surface area contributed by atoms with Crippen LogP contribution in [-0.2, 0) is 124 Å². The zero-order valence-corrected chi connectivity index (χ0v) is 81.7. The number of carbonyl (C=O) groups is 2. The van der Waals surface area contributed by atoms with Gasteiger partial charge in [0.1, 0.15) is 71.9 Å². The number of ether oxygens (including phenoxy) is 20. The Balaban J connectivity index is 0.592. The van der Waals surface area contributed by atoms with Gasteiger partial charge < -0.3 is 115 Å². The van der Waals surface area contributed by atoms with E-state index in [9.17, 15) is 46.9 Å². The van der Waals surface area contributed by atoms with Crippen LogP contribution in [0.15, 0.2) is 119 Å². The summed E-state index contributed by atoms with van der Waals surface area (Å²) in [5.74, 6) is -8.74. The molecule has 12 heterocycles. The highest BCUT2D eigenvalue weighted by Crippen LogP contribution is 2.52. The first kappa shape index (κ1) is 102. The Morgan fingerprint density at radius 1 is 0.458 bits per heavy atom. The molecule has 32 heteroatoms. The van der Waals surface area contributed by atoms with E-state index in [4.69, 9.17) is 94.7 Å². The van der Waals surface area contributed by atoms with Crippen LogP contribution in [0.4, 0.5) is 0 Å². The lowest BCUT2D eigenvalue weighted by molar-refractivity contribution is -0.314. The Hall–Kier alpha value is -4.64. The van der Waals surface area contributed by atoms with Crippen molar-refractivity contribution in [3.8, 4) is 0 Å². The molecule has 0 radical (unpaired) electrons. The maximum atomic E-state index is 14.6. The Bertz CT molecular complexity index is 4260. The summed E-state index contributed by atoms with van der Waals surface area (Å²) in [7, 11) is -2.60. The standard InChI is InChI=1S/C99H148O30S2/c1-21-52(3)88-58(9)33-35-96(128-88)45-70-39-68(126-96)31-29-56(7)86(54(5)25-23-27-66-47-114-92-84(100)60(11)37-74(94(102)120-70)98(66,92)104)122-82-43-78(112-19)90(64(15)118-82)124-80-41-76(110-17)72(62(13)116-80)49-130(106,107)51-131(108,109)50-73-63(14)117-81(42-77(73)111-18)125-91-65(16)119-83(44-79(91)113-20)123-87-55(6)26-24-28-67-48-115-93-85(101)61(12)38-75(99(67,93)105)95(103)121-71-40-69(32-30-57(87)8)127-97(46-71)36-34-59(10)89(129-97)53(4)22-2/h23-30,33-38,52-55,58-59,62-65,68-93,100-101,104-105H,21-22,31-32,39-51H2,1-20H3/b25-23+,26-24+,56-29+,57-30+,66-27+,67-28+/t52?,53?,54-,55-,58-,59-,62-,63-,64-,65-,68+,69+,70-,71-,72+,73+,74-,75-,76-,77-,78-,79-,80-,81-,82-,83-,84+,85+,86-,87-,88+,89+,90-,91-,92+,93+,96+,97+,98+,99+/m0/s1. The van der Waals surface area contributed by atoms with Crippen molar-refractivity contribution in [3.63, 3.8) is 0 Å². The first-order valence-corrected chi connectivity index (χ1v) is 51.5. The highest BCUT2D eigenvalue weighted by Gasteiger charge is 2.63. The first-order valence-electron chi connectivity index (χ1n) is 47.8. The number of rotatable bonds is 22. The van der Waals surface area contributed by atoms with Crippen LogP contribution < -0.4 is 0 Å². The number of esters is 2. The zero-order chi connectivity index (χ0) is 94.5. The second-order valence-corrected chi connectivity index (χ2v) is 44.8. The molecule has 2 aliphatic carbocycles. The van der Waals surface area contributed by atoms with Crippen molar-refractivity contribution in [2.75, 3.05) is 58.2 Å². The zero-order valence-electron chi connectivity index (χ0n) is 80.1. The molecule has 30 nitrogen and oxygen atoms in total. The number of sulfone groups is 2. The minimum Gasteiger partial charge on any atom is -0.462 e. The van der Waals surface area contributed by atoms with E-state index in [2.05, 4.69) is 65.8 Å². The largest absolute Gasteiger partial charge is 0.462 e. The summed E-state index contributed by atoms with van der Waals surface area (Å²) in [6.45, 7) is 31.4. The van der Waals surface area contributed by atoms with Gasteiger partial charge in [-0.1, -0.05) is 141 Å². The minimum absolute atomic E-state index is 0.0349. The van der Waals surface area contributed by atoms with Crippen molar-refractivity contribution >= 4 is 31.6 Å². The Morgan fingerprint density at radius 3 is 1.18 bits per heavy atom. The quantitative estimate of drug-likeness (QED) is 0.0578. The molecule has 8 saturated heterocycles. The van der Waals surface area contributed by atoms with Crippen LogP contribution in [0.25, 0.3) is 0 Å². The minimum atomic E-state index is -4.36. The van der Waals surface area contributed by atoms with Gasteiger partial charge in [-0.2, -0.15) is 0 Å². The normalized spacial score (nSPS) is 47.5. The summed E-state index contributed by atoms with van der Waals surface area (Å²) in [5.41, 5.74) is -0.274. The molecule has 40 atom stereocenters. The fourth-order valence-corrected chi connectivity index (χ4v) is 27.8. The first-order chi connectivity index (χ1) is 62.1. The maximum absolute atomic E-state index is 14.6. The van der Waals surface area contributed by atoms with Crippen molar-refractivity contribution in [1.29, 1.82) is 0 Å². The molecule has 0 aromatic heterocycles. The third-order valence-electron chi connectivity index (χ3n) is 30.7. The van der Waals surface area contributed by atoms with Crippen molar-refractivity contribution < 1.29 is 142 Å². The van der Waals surface area contributed by atoms with E-state index in [1.807, 2.05) is 78.0 Å². The molecule has 0 saturated carbocycles. The van der Waals surface area contributed by atoms with Gasteiger partial charge >= 0.3 is 11.9 Å². The van der Waals surface area contributed by atoms with E-state index in [0.717, 1.165) is 24.0 Å². The molecule has 8 fully saturated rings. The van der Waals surface area contributed by atoms with Crippen LogP contribution in [0.2, 0.25) is 0 Å². The van der Waals surface area contributed by atoms with Crippen LogP contribution in [-0.4, -0.2) is 290 Å². The average molecular weight is 1880 g/mol. The lowest BCUT2D eigenvalue weighted by Gasteiger charge is -2.48. The Labute approximate surface area is 775 Å². The SMILES string of the molecule is CCC(C)[C@H]1O[C@]2(C=C[C@@H]1C)C[C@@H]1C[C@@H](C/C=C(\C)[C@@H](O[C@H]3C[C@H](OC)[C@@H](O[C@H]4C[C@H](OC)[C@H](CS(=O)(=O)CS(=O)(=O)C[C@@H]5[C@H](C)O[C@@H](O[C@H]6[C@H](C)O[C@@H](O[C@@H]7/C(C)=C/C[C@@H]8C[C@@H](C[C@]9(C=C[C@H](C)[C@@H](C(C)CC)O9)O8)OC(=O)[C@@H]8C=C(C)[C@@H](O)[C@H]9OC/C(=C\C=C\[C@@H]7C)[C@]98O)C[C@@H]6OC)C[C@@H]5OC)[C@H](C)O4)[C@H](C)O3)[C@@H](C)/C=C/C=C3\CO[C@@H]4[C@H](O)C(C)=C[C@@H](C(=O)O1)[C@]34O)O2. The third kappa shape index (κ3) is 22.2. The molecule has 131 heavy (non-hydrogen) atoms. The number of hydrogen-bond donors (Lipinski definition) is 4. The predicted molar refractivity (Wildman–Crippen MR) is 482 cm³/mol. The van der Waals surface area contributed by atoms with Crippen molar-refractivity contribution in [2.45, 2.75) is 370 Å². The number of aliphatic hydroxyl groups excluding tert-OH is 2. The number of carbonyl (C=O) groups excluding carboxylic acids is 2. The van der Waals surface area contributed by atoms with Crippen LogP contribution in [0.5, 0.6) is 0 Å². The number of hydrogen-bond acceptors (Lipinski definition) is 30. The molecule has 14 rings (SSSR count). The molecule has 736 valence electrons. The smallest absolute Gasteiger partial charge is 0.316 e. The summed E-state index contributed by atoms with van der Waals surface area (Å²) in [6, 6.07) is 0. The van der Waals surface area contributed by atoms with Gasteiger partial charge in [0.15, 0.2) is 61.5 Å². The molecule has 4 bridgehead atoms. The molecule has 2 unspecified atom stereocenters. The molecule has 2 spiro atoms. The van der Waals surface area contributed by atoms with Gasteiger partial charge in [0.05, 0.1) is 110 Å². The van der Waals surface area contributed by atoms with Gasteiger partial charge in [-0.3, -0.25) is 9.59 Å². The summed E-state index contributed by atoms with van der Waals surface area (Å²) >= 11 is 0. The van der Waals surface area contributed by atoms with E-state index in [1.165, 1.54) is 14.2 Å². The molecule has 0 aromatic rings. The Kier molecular flexibility index (Phi) is 32.9. The van der Waals surface area contributed by atoms with Crippen LogP contribution in [0, 0.1) is 59.2 Å². The van der Waals surface area contributed by atoms with Gasteiger partial charge in [0.25, 0.3) is 0 Å². The molecule has 12 aliphatic heterocycles. The van der Waals surface area contributed by atoms with Crippen molar-refractivity contribution in [3.05, 3.63) is 119 Å². The van der Waals surface area contributed by atoms with Gasteiger partial charge in [-0.25, -0.2) is 16.8 Å². The van der Waals surface area contributed by atoms with Gasteiger partial charge in [0.2, 0.25) is 0 Å². The predicted octanol–water partition coefficient (Wildman–Crippen LogP) is 11.1. The van der Waals surface area contributed by atoms with E-state index >= 15 is 0 Å². The molecule has 4 N–H and O–H groups in total. The third-order valence-corrected chi connectivity index (χ3v) is 35.4. The molecular weight excluding hydrogens is 1730 g/mol. The number of aliphatic hydroxyl groups is 4. The van der Waals surface area contributed by atoms with Gasteiger partial charge in [0, 0.05) is 115 Å². The van der Waals surface area contributed by atoms with Gasteiger partial charge in [-0.05, 0) is 126 Å². The van der Waals surface area contributed by atoms with Crippen molar-refractivity contribution in [1.82, 2.24) is 0 Å². The number of methoxy groups -OCH3 is 4. The van der Waals surface area contributed by atoms with Crippen LogP contribution >= 0.6 is 0 Å². The highest BCUT2D eigenvalue weighted by atomic mass is 32.3. The number of allylic oxidation sites excluding steroid dienone is 4. The second-order valence-electron chi connectivity index (χ2n) is 40.2.